The first kappa shape index (κ1) is 27.1. The van der Waals surface area contributed by atoms with E-state index in [1.165, 1.54) is 19.3 Å². The summed E-state index contributed by atoms with van der Waals surface area (Å²) >= 11 is 1.92. The van der Waals surface area contributed by atoms with Crippen LogP contribution in [0.15, 0.2) is 54.1 Å². The topological polar surface area (TPSA) is 158 Å². The van der Waals surface area contributed by atoms with Crippen LogP contribution in [0, 0.1) is 49.0 Å². The van der Waals surface area contributed by atoms with E-state index in [0.717, 1.165) is 29.3 Å². The lowest BCUT2D eigenvalue weighted by molar-refractivity contribution is -0.394. The number of nitro benzene ring substituents is 2. The minimum atomic E-state index is -0.785. The molecule has 0 spiro atoms. The highest BCUT2D eigenvalue weighted by Crippen LogP contribution is 2.41. The molecule has 37 heavy (non-hydrogen) atoms. The molecule has 0 aromatic heterocycles. The minimum Gasteiger partial charge on any atom is -0.493 e. The van der Waals surface area contributed by atoms with Crippen molar-refractivity contribution in [2.75, 3.05) is 12.4 Å². The fourth-order valence-corrected chi connectivity index (χ4v) is 4.01. The first-order valence-corrected chi connectivity index (χ1v) is 11.6. The molecule has 0 aliphatic carbocycles. The predicted molar refractivity (Wildman–Crippen MR) is 144 cm³/mol. The predicted octanol–water partition coefficient (Wildman–Crippen LogP) is 6.07. The van der Waals surface area contributed by atoms with Crippen LogP contribution >= 0.6 is 22.6 Å². The van der Waals surface area contributed by atoms with Crippen LogP contribution in [0.2, 0.25) is 0 Å². The average Bonchev–Trinajstić information content (AvgIpc) is 2.86. The molecule has 3 aromatic rings. The first-order chi connectivity index (χ1) is 17.5. The largest absolute Gasteiger partial charge is 0.493 e. The number of halogens is 1. The van der Waals surface area contributed by atoms with Crippen molar-refractivity contribution in [2.45, 2.75) is 13.8 Å². The van der Waals surface area contributed by atoms with E-state index in [1.54, 1.807) is 18.2 Å². The zero-order valence-electron chi connectivity index (χ0n) is 19.8. The third kappa shape index (κ3) is 6.19. The maximum absolute atomic E-state index is 12.8. The third-order valence-corrected chi connectivity index (χ3v) is 6.14. The molecular weight excluding hydrogens is 595 g/mol. The summed E-state index contributed by atoms with van der Waals surface area (Å²) in [6.07, 6.45) is 1.38. The molecule has 3 aromatic carbocycles. The van der Waals surface area contributed by atoms with Crippen LogP contribution in [0.1, 0.15) is 16.7 Å². The standard InChI is InChI=1S/C25H19IN4O7/c1-14-5-4-6-20(15(14)2)28-25(31)17(13-27)9-16-10-19(26)24(23(11-16)36-3)37-22-8-7-18(29(32)33)12-21(22)30(34)35/h4-12H,1-3H3,(H,28,31)/b17-9+. The molecule has 0 saturated heterocycles. The molecule has 1 amide bonds. The highest BCUT2D eigenvalue weighted by molar-refractivity contribution is 14.1. The molecule has 12 heteroatoms. The molecule has 0 aliphatic rings. The highest BCUT2D eigenvalue weighted by Gasteiger charge is 2.23. The van der Waals surface area contributed by atoms with Gasteiger partial charge >= 0.3 is 5.69 Å². The molecular formula is C25H19IN4O7. The van der Waals surface area contributed by atoms with E-state index in [1.807, 2.05) is 48.6 Å². The van der Waals surface area contributed by atoms with Crippen molar-refractivity contribution in [1.82, 2.24) is 0 Å². The number of carbonyl (C=O) groups is 1. The summed E-state index contributed by atoms with van der Waals surface area (Å²) in [5.74, 6) is -0.527. The van der Waals surface area contributed by atoms with E-state index in [9.17, 15) is 30.3 Å². The van der Waals surface area contributed by atoms with Crippen LogP contribution in [0.4, 0.5) is 17.1 Å². The second kappa shape index (κ2) is 11.5. The van der Waals surface area contributed by atoms with E-state index >= 15 is 0 Å². The summed E-state index contributed by atoms with van der Waals surface area (Å²) in [5, 5.41) is 34.8. The summed E-state index contributed by atoms with van der Waals surface area (Å²) in [5.41, 5.74) is 1.70. The normalized spacial score (nSPS) is 10.8. The molecule has 0 heterocycles. The number of nitrogens with one attached hydrogen (secondary N) is 1. The van der Waals surface area contributed by atoms with Gasteiger partial charge in [-0.15, -0.1) is 0 Å². The maximum atomic E-state index is 12.8. The zero-order chi connectivity index (χ0) is 27.3. The second-order valence-electron chi connectivity index (χ2n) is 7.67. The first-order valence-electron chi connectivity index (χ1n) is 10.5. The number of ether oxygens (including phenoxy) is 2. The van der Waals surface area contributed by atoms with Gasteiger partial charge in [-0.1, -0.05) is 12.1 Å². The fraction of sp³-hybridized carbons (Fsp3) is 0.120. The lowest BCUT2D eigenvalue weighted by Gasteiger charge is -2.14. The molecule has 3 rings (SSSR count). The number of hydrogen-bond donors (Lipinski definition) is 1. The number of carbonyl (C=O) groups excluding carboxylic acids is 1. The van der Waals surface area contributed by atoms with Crippen molar-refractivity contribution in [3.8, 4) is 23.3 Å². The Morgan fingerprint density at radius 3 is 2.43 bits per heavy atom. The summed E-state index contributed by atoms with van der Waals surface area (Å²) in [7, 11) is 1.36. The van der Waals surface area contributed by atoms with Gasteiger partial charge < -0.3 is 14.8 Å². The second-order valence-corrected chi connectivity index (χ2v) is 8.84. The number of anilines is 1. The smallest absolute Gasteiger partial charge is 0.318 e. The number of hydrogen-bond acceptors (Lipinski definition) is 8. The lowest BCUT2D eigenvalue weighted by Crippen LogP contribution is -2.14. The van der Waals surface area contributed by atoms with Gasteiger partial charge in [0.05, 0.1) is 26.6 Å². The van der Waals surface area contributed by atoms with Gasteiger partial charge in [-0.3, -0.25) is 25.0 Å². The number of nitrogens with zero attached hydrogens (tertiary/aromatic N) is 3. The van der Waals surface area contributed by atoms with Crippen LogP contribution in [-0.4, -0.2) is 22.9 Å². The number of nitro groups is 2. The van der Waals surface area contributed by atoms with E-state index in [-0.39, 0.29) is 22.8 Å². The number of benzene rings is 3. The van der Waals surface area contributed by atoms with Crippen LogP contribution < -0.4 is 14.8 Å². The van der Waals surface area contributed by atoms with Gasteiger partial charge in [0.15, 0.2) is 11.5 Å². The van der Waals surface area contributed by atoms with Crippen molar-refractivity contribution in [3.05, 3.63) is 94.6 Å². The summed E-state index contributed by atoms with van der Waals surface area (Å²) in [6.45, 7) is 3.77. The van der Waals surface area contributed by atoms with E-state index in [4.69, 9.17) is 9.47 Å². The number of non-ortho nitro benzene ring substituents is 1. The fourth-order valence-electron chi connectivity index (χ4n) is 3.27. The van der Waals surface area contributed by atoms with Gasteiger partial charge in [0.2, 0.25) is 5.75 Å². The molecule has 0 atom stereocenters. The Labute approximate surface area is 224 Å². The number of aryl methyl sites for hydroxylation is 1. The number of rotatable bonds is 8. The summed E-state index contributed by atoms with van der Waals surface area (Å²) in [4.78, 5) is 33.7. The Kier molecular flexibility index (Phi) is 8.41. The molecule has 0 bridgehead atoms. The molecule has 0 unspecified atom stereocenters. The summed E-state index contributed by atoms with van der Waals surface area (Å²) in [6, 6.07) is 13.5. The van der Waals surface area contributed by atoms with E-state index < -0.39 is 27.1 Å². The average molecular weight is 614 g/mol. The summed E-state index contributed by atoms with van der Waals surface area (Å²) < 4.78 is 11.6. The Balaban J connectivity index is 1.96. The maximum Gasteiger partial charge on any atom is 0.318 e. The van der Waals surface area contributed by atoms with Gasteiger partial charge in [0.1, 0.15) is 11.6 Å². The number of amides is 1. The van der Waals surface area contributed by atoms with Gasteiger partial charge in [-0.05, 0) is 83.5 Å². The number of nitriles is 1. The molecule has 11 nitrogen and oxygen atoms in total. The van der Waals surface area contributed by atoms with Crippen LogP contribution in [0.5, 0.6) is 17.2 Å². The monoisotopic (exact) mass is 614 g/mol. The van der Waals surface area contributed by atoms with E-state index in [0.29, 0.717) is 14.8 Å². The zero-order valence-corrected chi connectivity index (χ0v) is 21.9. The Bertz CT molecular complexity index is 1500. The quantitative estimate of drug-likeness (QED) is 0.105. The minimum absolute atomic E-state index is 0.121. The molecule has 0 saturated carbocycles. The Hall–Kier alpha value is -4.51. The van der Waals surface area contributed by atoms with Crippen molar-refractivity contribution in [1.29, 1.82) is 5.26 Å². The van der Waals surface area contributed by atoms with Crippen molar-refractivity contribution < 1.29 is 24.1 Å². The highest BCUT2D eigenvalue weighted by atomic mass is 127. The van der Waals surface area contributed by atoms with Crippen LogP contribution in [0.3, 0.4) is 0 Å². The number of methoxy groups -OCH3 is 1. The van der Waals surface area contributed by atoms with Gasteiger partial charge in [0, 0.05) is 11.8 Å². The molecule has 0 aliphatic heterocycles. The van der Waals surface area contributed by atoms with Crippen LogP contribution in [-0.2, 0) is 4.79 Å². The van der Waals surface area contributed by atoms with Crippen molar-refractivity contribution in [3.63, 3.8) is 0 Å². The van der Waals surface area contributed by atoms with E-state index in [2.05, 4.69) is 5.32 Å². The van der Waals surface area contributed by atoms with Gasteiger partial charge in [0.25, 0.3) is 11.6 Å². The van der Waals surface area contributed by atoms with Crippen molar-refractivity contribution in [2.24, 2.45) is 0 Å². The lowest BCUT2D eigenvalue weighted by atomic mass is 10.1. The van der Waals surface area contributed by atoms with Gasteiger partial charge in [-0.25, -0.2) is 0 Å². The third-order valence-electron chi connectivity index (χ3n) is 5.34. The van der Waals surface area contributed by atoms with Gasteiger partial charge in [-0.2, -0.15) is 5.26 Å². The Morgan fingerprint density at radius 2 is 1.81 bits per heavy atom. The van der Waals surface area contributed by atoms with Crippen molar-refractivity contribution >= 4 is 51.6 Å². The van der Waals surface area contributed by atoms with Crippen LogP contribution in [0.25, 0.3) is 6.08 Å². The molecule has 188 valence electrons. The molecule has 1 N–H and O–H groups in total. The SMILES string of the molecule is COc1cc(/C=C(\C#N)C(=O)Nc2cccc(C)c2C)cc(I)c1Oc1ccc([N+](=O)[O-])cc1[N+](=O)[O-]. The Morgan fingerprint density at radius 1 is 1.08 bits per heavy atom. The molecule has 0 fully saturated rings. The molecule has 0 radical (unpaired) electrons.